The minimum atomic E-state index is 0.537. The molecule has 0 radical (unpaired) electrons. The molecule has 2 saturated carbocycles. The summed E-state index contributed by atoms with van der Waals surface area (Å²) in [5.41, 5.74) is 0.537. The van der Waals surface area contributed by atoms with Gasteiger partial charge in [-0.05, 0) is 49.8 Å². The molecule has 2 rings (SSSR count). The SMILES string of the molecule is CC1CCCCC1N(C)CC1(CS)CCCC1. The number of hydrogen-bond acceptors (Lipinski definition) is 2. The lowest BCUT2D eigenvalue weighted by Crippen LogP contribution is -2.45. The van der Waals surface area contributed by atoms with E-state index in [9.17, 15) is 0 Å². The van der Waals surface area contributed by atoms with E-state index in [2.05, 4.69) is 31.5 Å². The molecule has 100 valence electrons. The fourth-order valence-corrected chi connectivity index (χ4v) is 4.51. The first kappa shape index (κ1) is 13.7. The van der Waals surface area contributed by atoms with Crippen molar-refractivity contribution in [3.8, 4) is 0 Å². The van der Waals surface area contributed by atoms with Gasteiger partial charge in [0.15, 0.2) is 0 Å². The molecule has 0 N–H and O–H groups in total. The monoisotopic (exact) mass is 255 g/mol. The molecule has 0 bridgehead atoms. The molecule has 0 amide bonds. The van der Waals surface area contributed by atoms with Gasteiger partial charge in [-0.1, -0.05) is 32.6 Å². The summed E-state index contributed by atoms with van der Waals surface area (Å²) in [7, 11) is 2.36. The minimum absolute atomic E-state index is 0.537. The highest BCUT2D eigenvalue weighted by Gasteiger charge is 2.36. The van der Waals surface area contributed by atoms with Crippen molar-refractivity contribution in [1.29, 1.82) is 0 Å². The highest BCUT2D eigenvalue weighted by atomic mass is 32.1. The third-order valence-electron chi connectivity index (χ3n) is 5.22. The van der Waals surface area contributed by atoms with Crippen LogP contribution in [-0.2, 0) is 0 Å². The fourth-order valence-electron chi connectivity index (χ4n) is 4.09. The van der Waals surface area contributed by atoms with Gasteiger partial charge in [-0.3, -0.25) is 0 Å². The van der Waals surface area contributed by atoms with Crippen LogP contribution in [0.4, 0.5) is 0 Å². The largest absolute Gasteiger partial charge is 0.303 e. The molecule has 1 nitrogen and oxygen atoms in total. The molecule has 2 fully saturated rings. The fraction of sp³-hybridized carbons (Fsp3) is 1.00. The highest BCUT2D eigenvalue weighted by Crippen LogP contribution is 2.40. The minimum Gasteiger partial charge on any atom is -0.303 e. The quantitative estimate of drug-likeness (QED) is 0.744. The van der Waals surface area contributed by atoms with E-state index >= 15 is 0 Å². The molecule has 0 aromatic carbocycles. The van der Waals surface area contributed by atoms with Crippen LogP contribution in [0, 0.1) is 11.3 Å². The van der Waals surface area contributed by atoms with E-state index in [-0.39, 0.29) is 0 Å². The molecular weight excluding hydrogens is 226 g/mol. The molecule has 2 unspecified atom stereocenters. The van der Waals surface area contributed by atoms with Crippen LogP contribution in [0.2, 0.25) is 0 Å². The summed E-state index contributed by atoms with van der Waals surface area (Å²) in [6.45, 7) is 3.73. The molecule has 0 heterocycles. The van der Waals surface area contributed by atoms with Crippen LogP contribution in [-0.4, -0.2) is 30.3 Å². The van der Waals surface area contributed by atoms with E-state index in [1.165, 1.54) is 57.9 Å². The van der Waals surface area contributed by atoms with Crippen molar-refractivity contribution in [1.82, 2.24) is 4.90 Å². The molecule has 2 atom stereocenters. The molecule has 2 heteroatoms. The van der Waals surface area contributed by atoms with Gasteiger partial charge in [-0.25, -0.2) is 0 Å². The van der Waals surface area contributed by atoms with Crippen LogP contribution in [0.5, 0.6) is 0 Å². The molecule has 0 spiro atoms. The van der Waals surface area contributed by atoms with Gasteiger partial charge in [-0.15, -0.1) is 0 Å². The third kappa shape index (κ3) is 3.20. The van der Waals surface area contributed by atoms with Crippen molar-refractivity contribution in [3.63, 3.8) is 0 Å². The molecule has 17 heavy (non-hydrogen) atoms. The van der Waals surface area contributed by atoms with E-state index < -0.39 is 0 Å². The van der Waals surface area contributed by atoms with Gasteiger partial charge in [0.2, 0.25) is 0 Å². The Kier molecular flexibility index (Phi) is 4.82. The van der Waals surface area contributed by atoms with E-state index in [1.807, 2.05) is 0 Å². The van der Waals surface area contributed by atoms with Crippen LogP contribution in [0.1, 0.15) is 58.3 Å². The highest BCUT2D eigenvalue weighted by molar-refractivity contribution is 7.80. The van der Waals surface area contributed by atoms with Crippen LogP contribution >= 0.6 is 12.6 Å². The topological polar surface area (TPSA) is 3.24 Å². The Morgan fingerprint density at radius 1 is 1.12 bits per heavy atom. The zero-order valence-electron chi connectivity index (χ0n) is 11.6. The molecule has 0 aromatic heterocycles. The molecular formula is C15H29NS. The number of thiol groups is 1. The van der Waals surface area contributed by atoms with Crippen LogP contribution in [0.3, 0.4) is 0 Å². The second-order valence-electron chi connectivity index (χ2n) is 6.61. The van der Waals surface area contributed by atoms with Crippen molar-refractivity contribution in [2.75, 3.05) is 19.3 Å². The van der Waals surface area contributed by atoms with E-state index in [4.69, 9.17) is 0 Å². The maximum absolute atomic E-state index is 4.64. The van der Waals surface area contributed by atoms with Gasteiger partial charge in [0.1, 0.15) is 0 Å². The van der Waals surface area contributed by atoms with Gasteiger partial charge in [-0.2, -0.15) is 12.6 Å². The summed E-state index contributed by atoms with van der Waals surface area (Å²) in [6.07, 6.45) is 11.4. The lowest BCUT2D eigenvalue weighted by molar-refractivity contribution is 0.0948. The lowest BCUT2D eigenvalue weighted by atomic mass is 9.82. The maximum atomic E-state index is 4.64. The van der Waals surface area contributed by atoms with Gasteiger partial charge in [0.05, 0.1) is 0 Å². The number of rotatable bonds is 4. The average molecular weight is 255 g/mol. The summed E-state index contributed by atoms with van der Waals surface area (Å²) in [4.78, 5) is 2.67. The second kappa shape index (κ2) is 5.97. The first-order chi connectivity index (χ1) is 8.17. The van der Waals surface area contributed by atoms with E-state index in [1.54, 1.807) is 0 Å². The standard InChI is InChI=1S/C15H29NS/c1-13-7-3-4-8-14(13)16(2)11-15(12-17)9-5-6-10-15/h13-14,17H,3-12H2,1-2H3. The molecule has 0 aliphatic heterocycles. The summed E-state index contributed by atoms with van der Waals surface area (Å²) in [5.74, 6) is 1.98. The van der Waals surface area contributed by atoms with Gasteiger partial charge in [0, 0.05) is 12.6 Å². The van der Waals surface area contributed by atoms with Gasteiger partial charge < -0.3 is 4.90 Å². The summed E-state index contributed by atoms with van der Waals surface area (Å²) >= 11 is 4.64. The first-order valence-corrected chi connectivity index (χ1v) is 8.11. The Hall–Kier alpha value is 0.310. The smallest absolute Gasteiger partial charge is 0.0118 e. The van der Waals surface area contributed by atoms with Crippen LogP contribution in [0.15, 0.2) is 0 Å². The second-order valence-corrected chi connectivity index (χ2v) is 6.93. The van der Waals surface area contributed by atoms with Gasteiger partial charge in [0.25, 0.3) is 0 Å². The predicted molar refractivity (Wildman–Crippen MR) is 78.8 cm³/mol. The molecule has 2 aliphatic carbocycles. The first-order valence-electron chi connectivity index (χ1n) is 7.48. The van der Waals surface area contributed by atoms with Crippen molar-refractivity contribution in [3.05, 3.63) is 0 Å². The Morgan fingerprint density at radius 3 is 2.35 bits per heavy atom. The third-order valence-corrected chi connectivity index (χ3v) is 5.89. The predicted octanol–water partition coefficient (Wildman–Crippen LogP) is 3.99. The van der Waals surface area contributed by atoms with E-state index in [0.29, 0.717) is 5.41 Å². The molecule has 0 aromatic rings. The number of hydrogen-bond donors (Lipinski definition) is 1. The summed E-state index contributed by atoms with van der Waals surface area (Å²) in [5, 5.41) is 0. The average Bonchev–Trinajstić information content (AvgIpc) is 2.79. The van der Waals surface area contributed by atoms with Crippen molar-refractivity contribution < 1.29 is 0 Å². The lowest BCUT2D eigenvalue weighted by Gasteiger charge is -2.41. The van der Waals surface area contributed by atoms with Gasteiger partial charge >= 0.3 is 0 Å². The normalized spacial score (nSPS) is 33.2. The summed E-state index contributed by atoms with van der Waals surface area (Å²) < 4.78 is 0. The Balaban J connectivity index is 1.92. The van der Waals surface area contributed by atoms with E-state index in [0.717, 1.165) is 17.7 Å². The van der Waals surface area contributed by atoms with Crippen molar-refractivity contribution in [2.24, 2.45) is 11.3 Å². The van der Waals surface area contributed by atoms with Crippen molar-refractivity contribution in [2.45, 2.75) is 64.3 Å². The Labute approximate surface area is 113 Å². The zero-order chi connectivity index (χ0) is 12.3. The number of nitrogens with zero attached hydrogens (tertiary/aromatic N) is 1. The molecule has 2 aliphatic rings. The summed E-state index contributed by atoms with van der Waals surface area (Å²) in [6, 6.07) is 0.834. The Bertz CT molecular complexity index is 235. The van der Waals surface area contributed by atoms with Crippen LogP contribution in [0.25, 0.3) is 0 Å². The zero-order valence-corrected chi connectivity index (χ0v) is 12.5. The maximum Gasteiger partial charge on any atom is 0.0118 e. The molecule has 0 saturated heterocycles. The Morgan fingerprint density at radius 2 is 1.76 bits per heavy atom. The van der Waals surface area contributed by atoms with Crippen LogP contribution < -0.4 is 0 Å². The van der Waals surface area contributed by atoms with Crippen molar-refractivity contribution >= 4 is 12.6 Å².